The van der Waals surface area contributed by atoms with Gasteiger partial charge in [0.25, 0.3) is 0 Å². The summed E-state index contributed by atoms with van der Waals surface area (Å²) in [6.45, 7) is 3.93. The zero-order chi connectivity index (χ0) is 14.7. The van der Waals surface area contributed by atoms with Crippen LogP contribution in [-0.2, 0) is 9.59 Å². The van der Waals surface area contributed by atoms with Crippen molar-refractivity contribution in [2.45, 2.75) is 32.2 Å². The molecule has 2 aliphatic heterocycles. The molecule has 2 atom stereocenters. The second-order valence-electron chi connectivity index (χ2n) is 5.39. The normalized spacial score (nSPS) is 26.6. The lowest BCUT2D eigenvalue weighted by Gasteiger charge is -2.37. The molecule has 112 valence electrons. The Morgan fingerprint density at radius 2 is 2.15 bits per heavy atom. The van der Waals surface area contributed by atoms with E-state index >= 15 is 0 Å². The highest BCUT2D eigenvalue weighted by molar-refractivity contribution is 5.88. The average Bonchev–Trinajstić information content (AvgIpc) is 2.85. The number of aliphatic carboxylic acids is 1. The quantitative estimate of drug-likeness (QED) is 0.769. The number of carboxylic acid groups (broad SMARTS) is 1. The molecule has 0 radical (unpaired) electrons. The third-order valence-corrected chi connectivity index (χ3v) is 3.98. The number of nitrogens with zero attached hydrogens (tertiary/aromatic N) is 2. The summed E-state index contributed by atoms with van der Waals surface area (Å²) in [6, 6.07) is -0.547. The second-order valence-corrected chi connectivity index (χ2v) is 5.39. The number of piperazine rings is 1. The van der Waals surface area contributed by atoms with Crippen molar-refractivity contribution in [1.29, 1.82) is 0 Å². The highest BCUT2D eigenvalue weighted by atomic mass is 16.4. The Morgan fingerprint density at radius 1 is 1.40 bits per heavy atom. The molecule has 0 aromatic carbocycles. The minimum Gasteiger partial charge on any atom is -0.481 e. The van der Waals surface area contributed by atoms with Crippen molar-refractivity contribution in [3.8, 4) is 0 Å². The summed E-state index contributed by atoms with van der Waals surface area (Å²) in [5.74, 6) is -0.906. The van der Waals surface area contributed by atoms with E-state index in [9.17, 15) is 14.4 Å². The maximum Gasteiger partial charge on any atom is 0.320 e. The van der Waals surface area contributed by atoms with Crippen LogP contribution in [0, 0.1) is 5.92 Å². The van der Waals surface area contributed by atoms with Gasteiger partial charge in [-0.25, -0.2) is 4.79 Å². The van der Waals surface area contributed by atoms with Gasteiger partial charge in [0.2, 0.25) is 5.91 Å². The van der Waals surface area contributed by atoms with Crippen LogP contribution >= 0.6 is 0 Å². The van der Waals surface area contributed by atoms with Gasteiger partial charge in [-0.1, -0.05) is 6.92 Å². The van der Waals surface area contributed by atoms with Crippen LogP contribution in [0.25, 0.3) is 0 Å². The molecular weight excluding hydrogens is 262 g/mol. The molecule has 0 spiro atoms. The Bertz CT molecular complexity index is 412. The maximum atomic E-state index is 12.5. The first-order valence-electron chi connectivity index (χ1n) is 7.08. The minimum atomic E-state index is -0.826. The van der Waals surface area contributed by atoms with Gasteiger partial charge in [0.1, 0.15) is 6.04 Å². The van der Waals surface area contributed by atoms with E-state index in [4.69, 9.17) is 5.11 Å². The smallest absolute Gasteiger partial charge is 0.320 e. The number of carboxylic acids is 1. The summed E-state index contributed by atoms with van der Waals surface area (Å²) in [5, 5.41) is 11.6. The van der Waals surface area contributed by atoms with Crippen LogP contribution in [0.5, 0.6) is 0 Å². The fourth-order valence-electron chi connectivity index (χ4n) is 2.95. The third-order valence-electron chi connectivity index (χ3n) is 3.98. The first-order chi connectivity index (χ1) is 9.52. The molecule has 0 aliphatic carbocycles. The molecule has 20 heavy (non-hydrogen) atoms. The number of amides is 3. The minimum absolute atomic E-state index is 0.0233. The Labute approximate surface area is 117 Å². The molecule has 2 unspecified atom stereocenters. The van der Waals surface area contributed by atoms with Gasteiger partial charge in [0.15, 0.2) is 0 Å². The largest absolute Gasteiger partial charge is 0.481 e. The average molecular weight is 283 g/mol. The van der Waals surface area contributed by atoms with E-state index in [0.717, 1.165) is 6.42 Å². The van der Waals surface area contributed by atoms with Gasteiger partial charge in [-0.2, -0.15) is 0 Å². The van der Waals surface area contributed by atoms with Gasteiger partial charge in [0.05, 0.1) is 0 Å². The Hall–Kier alpha value is -1.79. The van der Waals surface area contributed by atoms with Gasteiger partial charge >= 0.3 is 12.0 Å². The first kappa shape index (κ1) is 14.6. The highest BCUT2D eigenvalue weighted by Gasteiger charge is 2.36. The predicted molar refractivity (Wildman–Crippen MR) is 71.1 cm³/mol. The van der Waals surface area contributed by atoms with Crippen LogP contribution in [0.15, 0.2) is 0 Å². The molecule has 2 fully saturated rings. The Balaban J connectivity index is 1.97. The maximum absolute atomic E-state index is 12.5. The second kappa shape index (κ2) is 6.11. The number of urea groups is 1. The van der Waals surface area contributed by atoms with Crippen molar-refractivity contribution in [1.82, 2.24) is 15.1 Å². The zero-order valence-corrected chi connectivity index (χ0v) is 11.7. The molecule has 2 aliphatic rings. The van der Waals surface area contributed by atoms with Crippen LogP contribution in [-0.4, -0.2) is 65.0 Å². The van der Waals surface area contributed by atoms with Crippen molar-refractivity contribution >= 4 is 17.9 Å². The molecule has 2 rings (SSSR count). The lowest BCUT2D eigenvalue weighted by atomic mass is 10.1. The lowest BCUT2D eigenvalue weighted by molar-refractivity contribution is -0.138. The number of carbonyl (C=O) groups is 3. The fourth-order valence-corrected chi connectivity index (χ4v) is 2.95. The van der Waals surface area contributed by atoms with Crippen LogP contribution in [0.3, 0.4) is 0 Å². The van der Waals surface area contributed by atoms with E-state index in [1.807, 2.05) is 6.92 Å². The molecule has 7 nitrogen and oxygen atoms in total. The van der Waals surface area contributed by atoms with E-state index in [1.165, 1.54) is 0 Å². The van der Waals surface area contributed by atoms with Gasteiger partial charge in [-0.15, -0.1) is 0 Å². The number of rotatable bonds is 3. The molecular formula is C13H21N3O4. The van der Waals surface area contributed by atoms with Crippen molar-refractivity contribution in [3.05, 3.63) is 0 Å². The highest BCUT2D eigenvalue weighted by Crippen LogP contribution is 2.22. The molecule has 0 bridgehead atoms. The molecule has 0 saturated carbocycles. The van der Waals surface area contributed by atoms with Crippen LogP contribution in [0.4, 0.5) is 4.79 Å². The number of hydrogen-bond donors (Lipinski definition) is 2. The van der Waals surface area contributed by atoms with Crippen molar-refractivity contribution in [2.75, 3.05) is 26.2 Å². The number of carbonyl (C=O) groups excluding carboxylic acids is 2. The Kier molecular flexibility index (Phi) is 4.46. The fraction of sp³-hybridized carbons (Fsp3) is 0.769. The summed E-state index contributed by atoms with van der Waals surface area (Å²) in [7, 11) is 0. The third kappa shape index (κ3) is 3.02. The molecule has 7 heteroatoms. The van der Waals surface area contributed by atoms with E-state index in [0.29, 0.717) is 32.6 Å². The van der Waals surface area contributed by atoms with Crippen molar-refractivity contribution in [3.63, 3.8) is 0 Å². The van der Waals surface area contributed by atoms with Crippen LogP contribution in [0.2, 0.25) is 0 Å². The SMILES string of the molecule is CCC1C(=O)NCCN1C(=O)N1CCC(CC(=O)O)C1. The van der Waals surface area contributed by atoms with Gasteiger partial charge in [-0.05, 0) is 18.8 Å². The van der Waals surface area contributed by atoms with E-state index in [1.54, 1.807) is 9.80 Å². The predicted octanol–water partition coefficient (Wildman–Crippen LogP) is 0.113. The number of nitrogens with one attached hydrogen (secondary N) is 1. The summed E-state index contributed by atoms with van der Waals surface area (Å²) >= 11 is 0. The standard InChI is InChI=1S/C13H21N3O4/c1-2-10-12(19)14-4-6-16(10)13(20)15-5-3-9(8-15)7-11(17)18/h9-10H,2-8H2,1H3,(H,14,19)(H,17,18). The van der Waals surface area contributed by atoms with E-state index < -0.39 is 12.0 Å². The molecule has 0 aromatic rings. The van der Waals surface area contributed by atoms with Gasteiger partial charge < -0.3 is 20.2 Å². The Morgan fingerprint density at radius 3 is 2.80 bits per heavy atom. The summed E-state index contributed by atoms with van der Waals surface area (Å²) < 4.78 is 0. The molecule has 0 aromatic heterocycles. The number of hydrogen-bond acceptors (Lipinski definition) is 3. The monoisotopic (exact) mass is 283 g/mol. The first-order valence-corrected chi connectivity index (χ1v) is 7.08. The van der Waals surface area contributed by atoms with Crippen LogP contribution in [0.1, 0.15) is 26.2 Å². The van der Waals surface area contributed by atoms with Crippen molar-refractivity contribution < 1.29 is 19.5 Å². The summed E-state index contributed by atoms with van der Waals surface area (Å²) in [6.07, 6.45) is 1.40. The topological polar surface area (TPSA) is 90.0 Å². The lowest BCUT2D eigenvalue weighted by Crippen LogP contribution is -2.59. The van der Waals surface area contributed by atoms with E-state index in [-0.39, 0.29) is 24.3 Å². The molecule has 2 heterocycles. The van der Waals surface area contributed by atoms with E-state index in [2.05, 4.69) is 5.32 Å². The van der Waals surface area contributed by atoms with Crippen molar-refractivity contribution in [2.24, 2.45) is 5.92 Å². The van der Waals surface area contributed by atoms with Crippen LogP contribution < -0.4 is 5.32 Å². The number of likely N-dealkylation sites (tertiary alicyclic amines) is 1. The molecule has 3 amide bonds. The van der Waals surface area contributed by atoms with Gasteiger partial charge in [0, 0.05) is 32.6 Å². The zero-order valence-electron chi connectivity index (χ0n) is 11.7. The summed E-state index contributed by atoms with van der Waals surface area (Å²) in [4.78, 5) is 38.2. The molecule has 2 saturated heterocycles. The van der Waals surface area contributed by atoms with Gasteiger partial charge in [-0.3, -0.25) is 9.59 Å². The molecule has 2 N–H and O–H groups in total. The summed E-state index contributed by atoms with van der Waals surface area (Å²) in [5.41, 5.74) is 0.